The van der Waals surface area contributed by atoms with Crippen molar-refractivity contribution in [2.24, 2.45) is 5.92 Å². The van der Waals surface area contributed by atoms with Crippen molar-refractivity contribution in [1.29, 1.82) is 0 Å². The molecule has 1 aromatic rings. The molecule has 5 nitrogen and oxygen atoms in total. The van der Waals surface area contributed by atoms with Crippen LogP contribution < -0.4 is 10.6 Å². The molecule has 0 saturated heterocycles. The summed E-state index contributed by atoms with van der Waals surface area (Å²) in [6, 6.07) is 7.91. The van der Waals surface area contributed by atoms with Crippen LogP contribution in [-0.4, -0.2) is 42.3 Å². The van der Waals surface area contributed by atoms with Crippen LogP contribution in [0, 0.1) is 5.92 Å². The normalized spacial score (nSPS) is 15.1. The van der Waals surface area contributed by atoms with Crippen molar-refractivity contribution in [3.63, 3.8) is 0 Å². The first-order valence-corrected chi connectivity index (χ1v) is 8.21. The van der Waals surface area contributed by atoms with Gasteiger partial charge in [0.25, 0.3) is 0 Å². The number of urea groups is 1. The van der Waals surface area contributed by atoms with E-state index in [4.69, 9.17) is 0 Å². The molecule has 0 aliphatic heterocycles. The van der Waals surface area contributed by atoms with Crippen LogP contribution in [0.5, 0.6) is 0 Å². The Morgan fingerprint density at radius 3 is 2.57 bits per heavy atom. The van der Waals surface area contributed by atoms with Gasteiger partial charge >= 0.3 is 6.03 Å². The van der Waals surface area contributed by atoms with E-state index < -0.39 is 5.60 Å². The topological polar surface area (TPSA) is 64.6 Å². The molecule has 0 spiro atoms. The summed E-state index contributed by atoms with van der Waals surface area (Å²) in [5, 5.41) is 15.9. The van der Waals surface area contributed by atoms with Crippen LogP contribution in [0.25, 0.3) is 0 Å². The molecule has 2 amide bonds. The molecule has 2 unspecified atom stereocenters. The number of carbonyl (C=O) groups is 1. The molecule has 0 aromatic heterocycles. The zero-order valence-electron chi connectivity index (χ0n) is 15.0. The first-order valence-electron chi connectivity index (χ1n) is 8.21. The van der Waals surface area contributed by atoms with Crippen LogP contribution in [0.2, 0.25) is 0 Å². The maximum atomic E-state index is 11.9. The standard InChI is InChI=1S/C18H31N3O2/c1-6-14(2)18(3,23)13-20-17(22)19-11-15-8-7-9-16(10-15)12-21(4)5/h7-10,14,23H,6,11-13H2,1-5H3,(H2,19,20,22). The highest BCUT2D eigenvalue weighted by Gasteiger charge is 2.27. The zero-order chi connectivity index (χ0) is 17.5. The van der Waals surface area contributed by atoms with Gasteiger partial charge in [0.1, 0.15) is 0 Å². The summed E-state index contributed by atoms with van der Waals surface area (Å²) in [5.41, 5.74) is 1.39. The third-order valence-electron chi connectivity index (χ3n) is 4.22. The molecule has 1 rings (SSSR count). The van der Waals surface area contributed by atoms with Gasteiger partial charge in [-0.1, -0.05) is 44.5 Å². The third kappa shape index (κ3) is 7.01. The Hall–Kier alpha value is -1.59. The summed E-state index contributed by atoms with van der Waals surface area (Å²) in [7, 11) is 4.06. The van der Waals surface area contributed by atoms with Crippen LogP contribution in [0.15, 0.2) is 24.3 Å². The molecule has 1 aromatic carbocycles. The smallest absolute Gasteiger partial charge is 0.315 e. The van der Waals surface area contributed by atoms with Crippen molar-refractivity contribution >= 4 is 6.03 Å². The molecule has 23 heavy (non-hydrogen) atoms. The van der Waals surface area contributed by atoms with E-state index in [0.29, 0.717) is 6.54 Å². The molecule has 2 atom stereocenters. The molecule has 130 valence electrons. The van der Waals surface area contributed by atoms with Gasteiger partial charge in [-0.3, -0.25) is 0 Å². The van der Waals surface area contributed by atoms with Crippen LogP contribution in [0.4, 0.5) is 4.79 Å². The largest absolute Gasteiger partial charge is 0.388 e. The maximum Gasteiger partial charge on any atom is 0.315 e. The van der Waals surface area contributed by atoms with Gasteiger partial charge in [0.05, 0.1) is 5.60 Å². The van der Waals surface area contributed by atoms with Gasteiger partial charge in [-0.05, 0) is 38.1 Å². The van der Waals surface area contributed by atoms with E-state index in [1.54, 1.807) is 6.92 Å². The fraction of sp³-hybridized carbons (Fsp3) is 0.611. The monoisotopic (exact) mass is 321 g/mol. The number of carbonyl (C=O) groups excluding carboxylic acids is 1. The van der Waals surface area contributed by atoms with E-state index in [-0.39, 0.29) is 18.5 Å². The van der Waals surface area contributed by atoms with E-state index in [0.717, 1.165) is 18.5 Å². The van der Waals surface area contributed by atoms with Gasteiger partial charge in [0.2, 0.25) is 0 Å². The molecule has 0 radical (unpaired) electrons. The minimum Gasteiger partial charge on any atom is -0.388 e. The molecule has 3 N–H and O–H groups in total. The number of rotatable bonds is 8. The average molecular weight is 321 g/mol. The molecule has 5 heteroatoms. The van der Waals surface area contributed by atoms with Gasteiger partial charge in [-0.2, -0.15) is 0 Å². The Morgan fingerprint density at radius 2 is 1.96 bits per heavy atom. The molecule has 0 saturated carbocycles. The molecule has 0 fully saturated rings. The minimum atomic E-state index is -0.891. The molecular formula is C18H31N3O2. The van der Waals surface area contributed by atoms with Gasteiger partial charge < -0.3 is 20.6 Å². The molecule has 0 bridgehead atoms. The number of hydrogen-bond donors (Lipinski definition) is 3. The second-order valence-corrected chi connectivity index (χ2v) is 6.76. The summed E-state index contributed by atoms with van der Waals surface area (Å²) in [4.78, 5) is 14.0. The Morgan fingerprint density at radius 1 is 1.30 bits per heavy atom. The molecule has 0 aliphatic rings. The maximum absolute atomic E-state index is 11.9. The predicted octanol–water partition coefficient (Wildman–Crippen LogP) is 2.34. The predicted molar refractivity (Wildman–Crippen MR) is 94.2 cm³/mol. The van der Waals surface area contributed by atoms with Crippen molar-refractivity contribution in [3.8, 4) is 0 Å². The van der Waals surface area contributed by atoms with Gasteiger partial charge in [0, 0.05) is 19.6 Å². The van der Waals surface area contributed by atoms with Crippen molar-refractivity contribution in [2.45, 2.75) is 45.9 Å². The first-order chi connectivity index (χ1) is 10.7. The number of nitrogens with zero attached hydrogens (tertiary/aromatic N) is 1. The number of nitrogens with one attached hydrogen (secondary N) is 2. The van der Waals surface area contributed by atoms with Crippen molar-refractivity contribution in [2.75, 3.05) is 20.6 Å². The lowest BCUT2D eigenvalue weighted by molar-refractivity contribution is 0.00790. The first kappa shape index (κ1) is 19.5. The zero-order valence-corrected chi connectivity index (χ0v) is 15.0. The second kappa shape index (κ2) is 8.89. The van der Waals surface area contributed by atoms with Crippen molar-refractivity contribution in [1.82, 2.24) is 15.5 Å². The molecular weight excluding hydrogens is 290 g/mol. The summed E-state index contributed by atoms with van der Waals surface area (Å²) < 4.78 is 0. The quantitative estimate of drug-likeness (QED) is 0.688. The van der Waals surface area contributed by atoms with Crippen molar-refractivity contribution in [3.05, 3.63) is 35.4 Å². The fourth-order valence-corrected chi connectivity index (χ4v) is 2.32. The summed E-state index contributed by atoms with van der Waals surface area (Å²) in [6.07, 6.45) is 0.870. The van der Waals surface area contributed by atoms with Crippen molar-refractivity contribution < 1.29 is 9.90 Å². The van der Waals surface area contributed by atoms with Crippen LogP contribution in [-0.2, 0) is 13.1 Å². The van der Waals surface area contributed by atoms with Crippen LogP contribution in [0.3, 0.4) is 0 Å². The number of aliphatic hydroxyl groups is 1. The summed E-state index contributed by atoms with van der Waals surface area (Å²) in [6.45, 7) is 7.35. The van der Waals surface area contributed by atoms with E-state index in [2.05, 4.69) is 27.7 Å². The lowest BCUT2D eigenvalue weighted by Gasteiger charge is -2.29. The second-order valence-electron chi connectivity index (χ2n) is 6.76. The SMILES string of the molecule is CCC(C)C(C)(O)CNC(=O)NCc1cccc(CN(C)C)c1. The highest BCUT2D eigenvalue weighted by molar-refractivity contribution is 5.73. The minimum absolute atomic E-state index is 0.130. The highest BCUT2D eigenvalue weighted by Crippen LogP contribution is 2.18. The molecule has 0 aliphatic carbocycles. The Bertz CT molecular complexity index is 501. The lowest BCUT2D eigenvalue weighted by atomic mass is 9.89. The van der Waals surface area contributed by atoms with Gasteiger partial charge in [-0.15, -0.1) is 0 Å². The molecule has 0 heterocycles. The van der Waals surface area contributed by atoms with E-state index >= 15 is 0 Å². The number of amides is 2. The van der Waals surface area contributed by atoms with E-state index in [1.165, 1.54) is 5.56 Å². The Kier molecular flexibility index (Phi) is 7.52. The average Bonchev–Trinajstić information content (AvgIpc) is 2.49. The van der Waals surface area contributed by atoms with E-state index in [9.17, 15) is 9.90 Å². The Labute approximate surface area is 140 Å². The van der Waals surface area contributed by atoms with Crippen LogP contribution in [0.1, 0.15) is 38.3 Å². The lowest BCUT2D eigenvalue weighted by Crippen LogP contribution is -2.47. The third-order valence-corrected chi connectivity index (χ3v) is 4.22. The summed E-state index contributed by atoms with van der Waals surface area (Å²) >= 11 is 0. The van der Waals surface area contributed by atoms with Gasteiger partial charge in [-0.25, -0.2) is 4.79 Å². The Balaban J connectivity index is 2.44. The van der Waals surface area contributed by atoms with E-state index in [1.807, 2.05) is 40.1 Å². The van der Waals surface area contributed by atoms with Gasteiger partial charge in [0.15, 0.2) is 0 Å². The van der Waals surface area contributed by atoms with Crippen LogP contribution >= 0.6 is 0 Å². The summed E-state index contributed by atoms with van der Waals surface area (Å²) in [5.74, 6) is 0.130. The highest BCUT2D eigenvalue weighted by atomic mass is 16.3. The number of hydrogen-bond acceptors (Lipinski definition) is 3. The number of benzene rings is 1. The fourth-order valence-electron chi connectivity index (χ4n) is 2.32.